The van der Waals surface area contributed by atoms with Gasteiger partial charge in [0.2, 0.25) is 0 Å². The first kappa shape index (κ1) is 20.7. The van der Waals surface area contributed by atoms with Gasteiger partial charge in [0.05, 0.1) is 0 Å². The zero-order chi connectivity index (χ0) is 15.3. The first-order valence-corrected chi connectivity index (χ1v) is 9.97. The minimum Gasteiger partial charge on any atom is -0.355 e. The van der Waals surface area contributed by atoms with Crippen LogP contribution < -0.4 is 10.6 Å². The summed E-state index contributed by atoms with van der Waals surface area (Å²) >= 11 is 4.14. The number of halogens is 1. The zero-order valence-corrected chi connectivity index (χ0v) is 18.2. The monoisotopic (exact) mass is 458 g/mol. The van der Waals surface area contributed by atoms with Crippen LogP contribution in [0, 0.1) is 0 Å². The van der Waals surface area contributed by atoms with Crippen LogP contribution in [0.4, 0.5) is 0 Å². The lowest BCUT2D eigenvalue weighted by Crippen LogP contribution is -2.55. The molecule has 0 aromatic heterocycles. The maximum absolute atomic E-state index is 4.39. The molecule has 2 aliphatic rings. The summed E-state index contributed by atoms with van der Waals surface area (Å²) in [6.07, 6.45) is 3.90. The molecular weight excluding hydrogens is 427 g/mol. The number of thioether (sulfide) groups is 2. The molecule has 2 aliphatic heterocycles. The molecule has 2 rings (SSSR count). The van der Waals surface area contributed by atoms with E-state index in [1.54, 1.807) is 0 Å². The number of hydrogen-bond acceptors (Lipinski definition) is 4. The minimum atomic E-state index is 0. The fourth-order valence-corrected chi connectivity index (χ4v) is 5.76. The van der Waals surface area contributed by atoms with Crippen molar-refractivity contribution in [2.45, 2.75) is 36.5 Å². The van der Waals surface area contributed by atoms with Crippen molar-refractivity contribution in [2.75, 3.05) is 51.5 Å². The minimum absolute atomic E-state index is 0. The lowest BCUT2D eigenvalue weighted by Gasteiger charge is -2.36. The van der Waals surface area contributed by atoms with E-state index in [-0.39, 0.29) is 29.5 Å². The van der Waals surface area contributed by atoms with Gasteiger partial charge in [0.1, 0.15) is 0 Å². The van der Waals surface area contributed by atoms with E-state index >= 15 is 0 Å². The molecule has 2 fully saturated rings. The maximum atomic E-state index is 4.39. The van der Waals surface area contributed by atoms with Gasteiger partial charge in [-0.25, -0.2) is 0 Å². The van der Waals surface area contributed by atoms with Crippen LogP contribution >= 0.6 is 47.5 Å². The SMILES string of the molecule is CN=C(NCC1(C)CCCS1)NCC1(N(C)C)CCSC1.I. The first-order valence-electron chi connectivity index (χ1n) is 7.83. The Kier molecular flexibility index (Phi) is 8.68. The normalized spacial score (nSPS) is 32.1. The van der Waals surface area contributed by atoms with Crippen molar-refractivity contribution in [3.05, 3.63) is 0 Å². The summed E-state index contributed by atoms with van der Waals surface area (Å²) in [6, 6.07) is 0. The van der Waals surface area contributed by atoms with Gasteiger partial charge in [0.25, 0.3) is 0 Å². The molecule has 0 aromatic carbocycles. The van der Waals surface area contributed by atoms with Gasteiger partial charge in [-0.2, -0.15) is 23.5 Å². The molecule has 4 nitrogen and oxygen atoms in total. The van der Waals surface area contributed by atoms with Gasteiger partial charge in [-0.15, -0.1) is 24.0 Å². The molecule has 2 unspecified atom stereocenters. The highest BCUT2D eigenvalue weighted by atomic mass is 127. The highest BCUT2D eigenvalue weighted by molar-refractivity contribution is 14.0. The van der Waals surface area contributed by atoms with E-state index in [1.807, 2.05) is 7.05 Å². The number of likely N-dealkylation sites (N-methyl/N-ethyl adjacent to an activating group) is 1. The molecule has 0 saturated carbocycles. The van der Waals surface area contributed by atoms with Gasteiger partial charge in [0.15, 0.2) is 5.96 Å². The smallest absolute Gasteiger partial charge is 0.191 e. The molecule has 7 heteroatoms. The number of rotatable bonds is 5. The third-order valence-corrected chi connectivity index (χ3v) is 7.54. The Hall–Kier alpha value is 0.660. The Morgan fingerprint density at radius 3 is 2.41 bits per heavy atom. The van der Waals surface area contributed by atoms with Crippen molar-refractivity contribution in [3.8, 4) is 0 Å². The summed E-state index contributed by atoms with van der Waals surface area (Å²) in [5.74, 6) is 4.71. The van der Waals surface area contributed by atoms with Crippen molar-refractivity contribution in [1.82, 2.24) is 15.5 Å². The molecule has 0 bridgehead atoms. The second-order valence-electron chi connectivity index (χ2n) is 6.60. The van der Waals surface area contributed by atoms with Crippen LogP contribution in [0.3, 0.4) is 0 Å². The number of guanidine groups is 1. The maximum Gasteiger partial charge on any atom is 0.191 e. The van der Waals surface area contributed by atoms with Gasteiger partial charge in [0, 0.05) is 36.2 Å². The van der Waals surface area contributed by atoms with Crippen LogP contribution in [-0.2, 0) is 0 Å². The Morgan fingerprint density at radius 2 is 1.91 bits per heavy atom. The van der Waals surface area contributed by atoms with Gasteiger partial charge in [-0.3, -0.25) is 4.99 Å². The number of hydrogen-bond donors (Lipinski definition) is 2. The average Bonchev–Trinajstić information content (AvgIpc) is 3.09. The van der Waals surface area contributed by atoms with Crippen LogP contribution in [0.25, 0.3) is 0 Å². The number of nitrogens with zero attached hydrogens (tertiary/aromatic N) is 2. The molecule has 2 saturated heterocycles. The molecular formula is C15H31IN4S2. The summed E-state index contributed by atoms with van der Waals surface area (Å²) in [7, 11) is 6.26. The van der Waals surface area contributed by atoms with Crippen molar-refractivity contribution in [1.29, 1.82) is 0 Å². The summed E-state index contributed by atoms with van der Waals surface area (Å²) < 4.78 is 0.375. The molecule has 0 spiro atoms. The summed E-state index contributed by atoms with van der Waals surface area (Å²) in [6.45, 7) is 4.33. The fourth-order valence-electron chi connectivity index (χ4n) is 2.96. The fraction of sp³-hybridized carbons (Fsp3) is 0.933. The first-order chi connectivity index (χ1) is 10.00. The van der Waals surface area contributed by atoms with Gasteiger partial charge < -0.3 is 15.5 Å². The molecule has 2 atom stereocenters. The standard InChI is InChI=1S/C15H30N4S2.HI/c1-14(6-5-8-21-14)10-17-13(16-2)18-11-15(19(3)4)7-9-20-12-15;/h5-12H2,1-4H3,(H2,16,17,18);1H. The molecule has 130 valence electrons. The summed E-state index contributed by atoms with van der Waals surface area (Å²) in [5, 5.41) is 7.07. The van der Waals surface area contributed by atoms with Crippen molar-refractivity contribution >= 4 is 53.5 Å². The van der Waals surface area contributed by atoms with E-state index < -0.39 is 0 Å². The molecule has 0 aliphatic carbocycles. The quantitative estimate of drug-likeness (QED) is 0.377. The van der Waals surface area contributed by atoms with Crippen LogP contribution in [0.2, 0.25) is 0 Å². The highest BCUT2D eigenvalue weighted by Gasteiger charge is 2.36. The summed E-state index contributed by atoms with van der Waals surface area (Å²) in [4.78, 5) is 6.77. The lowest BCUT2D eigenvalue weighted by atomic mass is 9.97. The van der Waals surface area contributed by atoms with E-state index in [9.17, 15) is 0 Å². The number of aliphatic imine (C=N–C) groups is 1. The molecule has 2 N–H and O–H groups in total. The topological polar surface area (TPSA) is 39.7 Å². The van der Waals surface area contributed by atoms with Crippen molar-refractivity contribution in [3.63, 3.8) is 0 Å². The van der Waals surface area contributed by atoms with E-state index in [0.29, 0.717) is 4.75 Å². The predicted molar refractivity (Wildman–Crippen MR) is 113 cm³/mol. The van der Waals surface area contributed by atoms with E-state index in [4.69, 9.17) is 0 Å². The Balaban J connectivity index is 0.00000242. The van der Waals surface area contributed by atoms with Gasteiger partial charge in [-0.05, 0) is 51.8 Å². The van der Waals surface area contributed by atoms with Crippen LogP contribution in [-0.4, -0.2) is 72.6 Å². The Bertz CT molecular complexity index is 365. The highest BCUT2D eigenvalue weighted by Crippen LogP contribution is 2.37. The van der Waals surface area contributed by atoms with E-state index in [2.05, 4.69) is 65.1 Å². The molecule has 0 aromatic rings. The molecule has 22 heavy (non-hydrogen) atoms. The second kappa shape index (κ2) is 9.22. The van der Waals surface area contributed by atoms with Crippen molar-refractivity contribution < 1.29 is 0 Å². The van der Waals surface area contributed by atoms with Gasteiger partial charge >= 0.3 is 0 Å². The van der Waals surface area contributed by atoms with E-state index in [0.717, 1.165) is 19.0 Å². The number of nitrogens with one attached hydrogen (secondary N) is 2. The Morgan fingerprint density at radius 1 is 1.18 bits per heavy atom. The molecule has 0 radical (unpaired) electrons. The van der Waals surface area contributed by atoms with Crippen LogP contribution in [0.5, 0.6) is 0 Å². The lowest BCUT2D eigenvalue weighted by molar-refractivity contribution is 0.183. The Labute approximate surface area is 161 Å². The van der Waals surface area contributed by atoms with Crippen molar-refractivity contribution in [2.24, 2.45) is 4.99 Å². The third kappa shape index (κ3) is 5.34. The van der Waals surface area contributed by atoms with E-state index in [1.165, 1.54) is 36.5 Å². The second-order valence-corrected chi connectivity index (χ2v) is 9.39. The van der Waals surface area contributed by atoms with Crippen LogP contribution in [0.1, 0.15) is 26.2 Å². The van der Waals surface area contributed by atoms with Gasteiger partial charge in [-0.1, -0.05) is 0 Å². The zero-order valence-electron chi connectivity index (χ0n) is 14.3. The third-order valence-electron chi connectivity index (χ3n) is 4.77. The summed E-state index contributed by atoms with van der Waals surface area (Å²) in [5.41, 5.74) is 0.272. The molecule has 0 amide bonds. The largest absolute Gasteiger partial charge is 0.355 e. The predicted octanol–water partition coefficient (Wildman–Crippen LogP) is 2.49. The molecule has 2 heterocycles. The van der Waals surface area contributed by atoms with Crippen LogP contribution in [0.15, 0.2) is 4.99 Å². The average molecular weight is 458 g/mol.